The first kappa shape index (κ1) is 15.0. The summed E-state index contributed by atoms with van der Waals surface area (Å²) in [6.45, 7) is 8.34. The number of nitrogens with zero attached hydrogens (tertiary/aromatic N) is 1. The summed E-state index contributed by atoms with van der Waals surface area (Å²) in [4.78, 5) is 4.49. The monoisotopic (exact) mass is 250 g/mol. The van der Waals surface area contributed by atoms with Gasteiger partial charge in [0.1, 0.15) is 5.75 Å². The molecule has 0 saturated heterocycles. The van der Waals surface area contributed by atoms with E-state index in [1.807, 2.05) is 12.3 Å². The number of hydrogen-bond acceptors (Lipinski definition) is 3. The molecule has 1 heterocycles. The SMILES string of the molecule is CCCCOc1ccc(C(CC)NCCC)nc1. The lowest BCUT2D eigenvalue weighted by molar-refractivity contribution is 0.308. The number of ether oxygens (including phenoxy) is 1. The number of aromatic nitrogens is 1. The molecule has 1 N–H and O–H groups in total. The van der Waals surface area contributed by atoms with Gasteiger partial charge in [-0.05, 0) is 37.9 Å². The van der Waals surface area contributed by atoms with Crippen molar-refractivity contribution in [1.29, 1.82) is 0 Å². The van der Waals surface area contributed by atoms with E-state index < -0.39 is 0 Å². The van der Waals surface area contributed by atoms with E-state index in [0.29, 0.717) is 6.04 Å². The fourth-order valence-corrected chi connectivity index (χ4v) is 1.79. The van der Waals surface area contributed by atoms with Gasteiger partial charge < -0.3 is 10.1 Å². The molecule has 1 aromatic heterocycles. The Morgan fingerprint density at radius 3 is 2.61 bits per heavy atom. The Bertz CT molecular complexity index is 311. The zero-order valence-electron chi connectivity index (χ0n) is 11.9. The second-order valence-corrected chi connectivity index (χ2v) is 4.54. The van der Waals surface area contributed by atoms with Crippen molar-refractivity contribution in [2.75, 3.05) is 13.2 Å². The quantitative estimate of drug-likeness (QED) is 0.678. The van der Waals surface area contributed by atoms with Crippen molar-refractivity contribution in [1.82, 2.24) is 10.3 Å². The minimum atomic E-state index is 0.356. The number of nitrogens with one attached hydrogen (secondary N) is 1. The van der Waals surface area contributed by atoms with Gasteiger partial charge in [-0.2, -0.15) is 0 Å². The standard InChI is InChI=1S/C15H26N2O/c1-4-7-11-18-13-8-9-15(17-12-13)14(6-3)16-10-5-2/h8-9,12,14,16H,4-7,10-11H2,1-3H3. The molecule has 0 spiro atoms. The second kappa shape index (κ2) is 8.92. The lowest BCUT2D eigenvalue weighted by Gasteiger charge is -2.16. The van der Waals surface area contributed by atoms with E-state index >= 15 is 0 Å². The van der Waals surface area contributed by atoms with Crippen LogP contribution in [-0.4, -0.2) is 18.1 Å². The molecule has 0 saturated carbocycles. The van der Waals surface area contributed by atoms with Gasteiger partial charge in [0.25, 0.3) is 0 Å². The molecule has 3 heteroatoms. The summed E-state index contributed by atoms with van der Waals surface area (Å²) < 4.78 is 5.61. The Kier molecular flexibility index (Phi) is 7.42. The topological polar surface area (TPSA) is 34.1 Å². The summed E-state index contributed by atoms with van der Waals surface area (Å²) in [6.07, 6.45) is 6.29. The van der Waals surface area contributed by atoms with E-state index in [-0.39, 0.29) is 0 Å². The van der Waals surface area contributed by atoms with E-state index in [1.165, 1.54) is 0 Å². The normalized spacial score (nSPS) is 12.4. The van der Waals surface area contributed by atoms with E-state index in [0.717, 1.165) is 50.3 Å². The highest BCUT2D eigenvalue weighted by molar-refractivity contribution is 5.21. The molecule has 0 amide bonds. The van der Waals surface area contributed by atoms with Crippen molar-refractivity contribution in [3.05, 3.63) is 24.0 Å². The molecular formula is C15H26N2O. The molecule has 1 aromatic rings. The summed E-state index contributed by atoms with van der Waals surface area (Å²) in [6, 6.07) is 4.45. The van der Waals surface area contributed by atoms with Crippen molar-refractivity contribution in [2.45, 2.75) is 52.5 Å². The van der Waals surface area contributed by atoms with Gasteiger partial charge in [-0.15, -0.1) is 0 Å². The van der Waals surface area contributed by atoms with Crippen molar-refractivity contribution in [3.8, 4) is 5.75 Å². The molecule has 1 atom stereocenters. The molecule has 0 aliphatic heterocycles. The molecule has 0 fully saturated rings. The molecule has 0 aliphatic rings. The first-order chi connectivity index (χ1) is 8.81. The molecule has 1 rings (SSSR count). The van der Waals surface area contributed by atoms with Crippen LogP contribution < -0.4 is 10.1 Å². The van der Waals surface area contributed by atoms with E-state index in [2.05, 4.69) is 37.1 Å². The fraction of sp³-hybridized carbons (Fsp3) is 0.667. The molecule has 0 aromatic carbocycles. The first-order valence-corrected chi connectivity index (χ1v) is 7.13. The zero-order chi connectivity index (χ0) is 13.2. The number of hydrogen-bond donors (Lipinski definition) is 1. The van der Waals surface area contributed by atoms with Crippen LogP contribution >= 0.6 is 0 Å². The van der Waals surface area contributed by atoms with Crippen molar-refractivity contribution >= 4 is 0 Å². The second-order valence-electron chi connectivity index (χ2n) is 4.54. The Balaban J connectivity index is 2.51. The number of rotatable bonds is 9. The van der Waals surface area contributed by atoms with Crippen LogP contribution in [0.4, 0.5) is 0 Å². The maximum Gasteiger partial charge on any atom is 0.137 e. The van der Waals surface area contributed by atoms with E-state index in [9.17, 15) is 0 Å². The Morgan fingerprint density at radius 1 is 1.22 bits per heavy atom. The van der Waals surface area contributed by atoms with Gasteiger partial charge in [-0.3, -0.25) is 4.98 Å². The lowest BCUT2D eigenvalue weighted by atomic mass is 10.1. The van der Waals surface area contributed by atoms with E-state index in [4.69, 9.17) is 4.74 Å². The third-order valence-corrected chi connectivity index (χ3v) is 2.93. The minimum Gasteiger partial charge on any atom is -0.492 e. The summed E-state index contributed by atoms with van der Waals surface area (Å²) in [5, 5.41) is 3.50. The Morgan fingerprint density at radius 2 is 2.06 bits per heavy atom. The van der Waals surface area contributed by atoms with Gasteiger partial charge in [0.05, 0.1) is 18.5 Å². The lowest BCUT2D eigenvalue weighted by Crippen LogP contribution is -2.22. The van der Waals surface area contributed by atoms with Crippen molar-refractivity contribution in [2.24, 2.45) is 0 Å². The molecule has 3 nitrogen and oxygen atoms in total. The van der Waals surface area contributed by atoms with Gasteiger partial charge in [0, 0.05) is 6.04 Å². The maximum atomic E-state index is 5.61. The zero-order valence-corrected chi connectivity index (χ0v) is 11.9. The van der Waals surface area contributed by atoms with Gasteiger partial charge in [-0.25, -0.2) is 0 Å². The van der Waals surface area contributed by atoms with Crippen LogP contribution in [0.1, 0.15) is 58.2 Å². The fourth-order valence-electron chi connectivity index (χ4n) is 1.79. The van der Waals surface area contributed by atoms with Gasteiger partial charge >= 0.3 is 0 Å². The summed E-state index contributed by atoms with van der Waals surface area (Å²) in [5.41, 5.74) is 1.11. The maximum absolute atomic E-state index is 5.61. The Labute approximate surface area is 111 Å². The molecule has 0 bridgehead atoms. The van der Waals surface area contributed by atoms with Gasteiger partial charge in [0.2, 0.25) is 0 Å². The molecule has 18 heavy (non-hydrogen) atoms. The molecule has 1 unspecified atom stereocenters. The van der Waals surface area contributed by atoms with Crippen LogP contribution in [0.2, 0.25) is 0 Å². The Hall–Kier alpha value is -1.09. The van der Waals surface area contributed by atoms with Crippen molar-refractivity contribution in [3.63, 3.8) is 0 Å². The van der Waals surface area contributed by atoms with Crippen LogP contribution in [-0.2, 0) is 0 Å². The van der Waals surface area contributed by atoms with Crippen molar-refractivity contribution < 1.29 is 4.74 Å². The number of pyridine rings is 1. The third kappa shape index (κ3) is 5.05. The summed E-state index contributed by atoms with van der Waals surface area (Å²) >= 11 is 0. The van der Waals surface area contributed by atoms with E-state index in [1.54, 1.807) is 0 Å². The smallest absolute Gasteiger partial charge is 0.137 e. The molecule has 0 aliphatic carbocycles. The molecule has 0 radical (unpaired) electrons. The van der Waals surface area contributed by atoms with Gasteiger partial charge in [-0.1, -0.05) is 27.2 Å². The predicted octanol–water partition coefficient (Wildman–Crippen LogP) is 3.71. The molecule has 102 valence electrons. The first-order valence-electron chi connectivity index (χ1n) is 7.13. The van der Waals surface area contributed by atoms with Crippen LogP contribution in [0, 0.1) is 0 Å². The highest BCUT2D eigenvalue weighted by Gasteiger charge is 2.09. The van der Waals surface area contributed by atoms with Crippen LogP contribution in [0.3, 0.4) is 0 Å². The summed E-state index contributed by atoms with van der Waals surface area (Å²) in [7, 11) is 0. The minimum absolute atomic E-state index is 0.356. The van der Waals surface area contributed by atoms with Gasteiger partial charge in [0.15, 0.2) is 0 Å². The van der Waals surface area contributed by atoms with Crippen LogP contribution in [0.5, 0.6) is 5.75 Å². The highest BCUT2D eigenvalue weighted by atomic mass is 16.5. The number of unbranched alkanes of at least 4 members (excludes halogenated alkanes) is 1. The molecular weight excluding hydrogens is 224 g/mol. The highest BCUT2D eigenvalue weighted by Crippen LogP contribution is 2.17. The van der Waals surface area contributed by atoms with Crippen LogP contribution in [0.15, 0.2) is 18.3 Å². The largest absolute Gasteiger partial charge is 0.492 e. The third-order valence-electron chi connectivity index (χ3n) is 2.93. The summed E-state index contributed by atoms with van der Waals surface area (Å²) in [5.74, 6) is 0.873. The average molecular weight is 250 g/mol. The average Bonchev–Trinajstić information content (AvgIpc) is 2.41. The predicted molar refractivity (Wildman–Crippen MR) is 76.0 cm³/mol. The van der Waals surface area contributed by atoms with Crippen LogP contribution in [0.25, 0.3) is 0 Å².